The summed E-state index contributed by atoms with van der Waals surface area (Å²) in [6.45, 7) is 4.47. The Bertz CT molecular complexity index is 451. The molecule has 3 heterocycles. The van der Waals surface area contributed by atoms with Gasteiger partial charge in [-0.15, -0.1) is 0 Å². The van der Waals surface area contributed by atoms with Crippen LogP contribution in [0.1, 0.15) is 12.8 Å². The first-order valence-electron chi connectivity index (χ1n) is 6.80. The summed E-state index contributed by atoms with van der Waals surface area (Å²) in [5, 5.41) is 2.04. The largest absolute Gasteiger partial charge is 0.481 e. The first-order chi connectivity index (χ1) is 9.35. The summed E-state index contributed by atoms with van der Waals surface area (Å²) in [6, 6.07) is 3.89. The summed E-state index contributed by atoms with van der Waals surface area (Å²) in [5.74, 6) is 0.643. The number of methoxy groups -OCH3 is 1. The minimum absolute atomic E-state index is 0.643. The first-order valence-corrected chi connectivity index (χ1v) is 6.80. The van der Waals surface area contributed by atoms with Gasteiger partial charge in [0.2, 0.25) is 5.88 Å². The molecule has 0 aliphatic carbocycles. The zero-order chi connectivity index (χ0) is 13.1. The van der Waals surface area contributed by atoms with Crippen molar-refractivity contribution in [1.29, 1.82) is 0 Å². The van der Waals surface area contributed by atoms with E-state index in [1.165, 1.54) is 31.5 Å². The average Bonchev–Trinajstić information content (AvgIpc) is 3.11. The molecule has 0 saturated carbocycles. The number of hydrogen-bond donors (Lipinski definition) is 1. The van der Waals surface area contributed by atoms with Gasteiger partial charge in [-0.1, -0.05) is 0 Å². The van der Waals surface area contributed by atoms with Crippen LogP contribution >= 0.6 is 0 Å². The van der Waals surface area contributed by atoms with Gasteiger partial charge in [-0.2, -0.15) is 0 Å². The number of hydrazine groups is 1. The normalized spacial score (nSPS) is 19.8. The molecule has 1 aromatic heterocycles. The number of hydrogen-bond acceptors (Lipinski definition) is 5. The minimum Gasteiger partial charge on any atom is -0.481 e. The molecule has 0 atom stereocenters. The van der Waals surface area contributed by atoms with Crippen LogP contribution in [0.3, 0.4) is 0 Å². The Kier molecular flexibility index (Phi) is 3.66. The quantitative estimate of drug-likeness (QED) is 0.886. The van der Waals surface area contributed by atoms with Crippen LogP contribution in [-0.4, -0.2) is 43.2 Å². The Morgan fingerprint density at radius 3 is 2.84 bits per heavy atom. The molecule has 0 radical (unpaired) electrons. The van der Waals surface area contributed by atoms with Gasteiger partial charge in [0.05, 0.1) is 19.0 Å². The molecule has 5 nitrogen and oxygen atoms in total. The summed E-state index contributed by atoms with van der Waals surface area (Å²) < 4.78 is 5.07. The van der Waals surface area contributed by atoms with Gasteiger partial charge in [0.1, 0.15) is 0 Å². The number of likely N-dealkylation sites (tertiary alicyclic amines) is 1. The maximum absolute atomic E-state index is 5.07. The van der Waals surface area contributed by atoms with Crippen LogP contribution in [0.2, 0.25) is 0 Å². The van der Waals surface area contributed by atoms with E-state index in [0.29, 0.717) is 5.88 Å². The number of ether oxygens (including phenoxy) is 1. The van der Waals surface area contributed by atoms with E-state index in [1.807, 2.05) is 23.3 Å². The monoisotopic (exact) mass is 260 g/mol. The lowest BCUT2D eigenvalue weighted by Crippen LogP contribution is -2.29. The summed E-state index contributed by atoms with van der Waals surface area (Å²) in [7, 11) is 1.63. The van der Waals surface area contributed by atoms with Gasteiger partial charge in [0, 0.05) is 25.4 Å². The van der Waals surface area contributed by atoms with Gasteiger partial charge < -0.3 is 4.74 Å². The average molecular weight is 260 g/mol. The summed E-state index contributed by atoms with van der Waals surface area (Å²) in [4.78, 5) is 6.74. The number of rotatable bonds is 4. The lowest BCUT2D eigenvalue weighted by atomic mass is 10.3. The molecule has 0 spiro atoms. The molecule has 1 N–H and O–H groups in total. The van der Waals surface area contributed by atoms with Crippen LogP contribution in [0.25, 0.3) is 0 Å². The molecule has 1 saturated heterocycles. The van der Waals surface area contributed by atoms with Crippen molar-refractivity contribution in [3.05, 3.63) is 30.1 Å². The highest BCUT2D eigenvalue weighted by atomic mass is 16.5. The second-order valence-electron chi connectivity index (χ2n) is 5.03. The Labute approximate surface area is 113 Å². The van der Waals surface area contributed by atoms with E-state index in [4.69, 9.17) is 4.74 Å². The van der Waals surface area contributed by atoms with E-state index in [9.17, 15) is 0 Å². The molecule has 102 valence electrons. The second-order valence-corrected chi connectivity index (χ2v) is 5.03. The molecule has 0 amide bonds. The predicted octanol–water partition coefficient (Wildman–Crippen LogP) is 1.39. The molecular formula is C14H20N4O. The Hall–Kier alpha value is -1.59. The zero-order valence-corrected chi connectivity index (χ0v) is 11.3. The van der Waals surface area contributed by atoms with Crippen molar-refractivity contribution in [3.8, 4) is 5.88 Å². The molecule has 5 heteroatoms. The van der Waals surface area contributed by atoms with Gasteiger partial charge in [-0.3, -0.25) is 9.91 Å². The van der Waals surface area contributed by atoms with E-state index in [1.54, 1.807) is 7.11 Å². The van der Waals surface area contributed by atoms with E-state index >= 15 is 0 Å². The van der Waals surface area contributed by atoms with Gasteiger partial charge in [0.25, 0.3) is 0 Å². The Morgan fingerprint density at radius 2 is 2.16 bits per heavy atom. The maximum Gasteiger partial charge on any atom is 0.213 e. The molecule has 0 unspecified atom stereocenters. The SMILES string of the molecule is COc1ccc(N2C=C(CN3CCCC3)CN2)cn1. The van der Waals surface area contributed by atoms with Crippen LogP contribution < -0.4 is 15.2 Å². The van der Waals surface area contributed by atoms with Crippen molar-refractivity contribution >= 4 is 5.69 Å². The highest BCUT2D eigenvalue weighted by molar-refractivity contribution is 5.49. The molecule has 2 aliphatic rings. The fraction of sp³-hybridized carbons (Fsp3) is 0.500. The van der Waals surface area contributed by atoms with Crippen LogP contribution in [0.15, 0.2) is 30.1 Å². The summed E-state index contributed by atoms with van der Waals surface area (Å²) in [5.41, 5.74) is 5.84. The van der Waals surface area contributed by atoms with Crippen molar-refractivity contribution < 1.29 is 4.74 Å². The molecule has 0 aromatic carbocycles. The highest BCUT2D eigenvalue weighted by Crippen LogP contribution is 2.19. The van der Waals surface area contributed by atoms with Crippen LogP contribution in [0.4, 0.5) is 5.69 Å². The first kappa shape index (κ1) is 12.4. The Balaban J connectivity index is 1.63. The molecule has 1 aromatic rings. The fourth-order valence-corrected chi connectivity index (χ4v) is 2.59. The molecular weight excluding hydrogens is 240 g/mol. The third-order valence-electron chi connectivity index (χ3n) is 3.62. The van der Waals surface area contributed by atoms with E-state index in [0.717, 1.165) is 18.8 Å². The lowest BCUT2D eigenvalue weighted by molar-refractivity contribution is 0.367. The standard InChI is InChI=1S/C14H20N4O/c1-19-14-5-4-13(9-15-14)18-11-12(8-16-18)10-17-6-2-3-7-17/h4-5,9,11,16H,2-3,6-8,10H2,1H3. The second kappa shape index (κ2) is 5.59. The summed E-state index contributed by atoms with van der Waals surface area (Å²) >= 11 is 0. The third kappa shape index (κ3) is 2.88. The van der Waals surface area contributed by atoms with E-state index in [2.05, 4.69) is 21.5 Å². The van der Waals surface area contributed by atoms with E-state index < -0.39 is 0 Å². The molecule has 19 heavy (non-hydrogen) atoms. The van der Waals surface area contributed by atoms with Crippen molar-refractivity contribution in [3.63, 3.8) is 0 Å². The van der Waals surface area contributed by atoms with Gasteiger partial charge >= 0.3 is 0 Å². The number of nitrogens with zero attached hydrogens (tertiary/aromatic N) is 3. The van der Waals surface area contributed by atoms with Crippen molar-refractivity contribution in [2.24, 2.45) is 0 Å². The Morgan fingerprint density at radius 1 is 1.32 bits per heavy atom. The highest BCUT2D eigenvalue weighted by Gasteiger charge is 2.18. The van der Waals surface area contributed by atoms with Crippen LogP contribution in [0.5, 0.6) is 5.88 Å². The molecule has 3 rings (SSSR count). The summed E-state index contributed by atoms with van der Waals surface area (Å²) in [6.07, 6.45) is 6.68. The number of pyridine rings is 1. The number of nitrogens with one attached hydrogen (secondary N) is 1. The van der Waals surface area contributed by atoms with Gasteiger partial charge in [0.15, 0.2) is 0 Å². The molecule has 2 aliphatic heterocycles. The van der Waals surface area contributed by atoms with Gasteiger partial charge in [-0.05, 0) is 37.6 Å². The smallest absolute Gasteiger partial charge is 0.213 e. The van der Waals surface area contributed by atoms with Crippen molar-refractivity contribution in [2.45, 2.75) is 12.8 Å². The minimum atomic E-state index is 0.643. The number of anilines is 1. The van der Waals surface area contributed by atoms with Gasteiger partial charge in [-0.25, -0.2) is 10.4 Å². The number of aromatic nitrogens is 1. The lowest BCUT2D eigenvalue weighted by Gasteiger charge is -2.15. The fourth-order valence-electron chi connectivity index (χ4n) is 2.59. The molecule has 1 fully saturated rings. The van der Waals surface area contributed by atoms with Crippen LogP contribution in [-0.2, 0) is 0 Å². The topological polar surface area (TPSA) is 40.6 Å². The van der Waals surface area contributed by atoms with Crippen molar-refractivity contribution in [2.75, 3.05) is 38.3 Å². The predicted molar refractivity (Wildman–Crippen MR) is 75.0 cm³/mol. The third-order valence-corrected chi connectivity index (χ3v) is 3.62. The molecule has 0 bridgehead atoms. The van der Waals surface area contributed by atoms with Crippen molar-refractivity contribution in [1.82, 2.24) is 15.3 Å². The zero-order valence-electron chi connectivity index (χ0n) is 11.3. The maximum atomic E-state index is 5.07. The van der Waals surface area contributed by atoms with E-state index in [-0.39, 0.29) is 0 Å². The van der Waals surface area contributed by atoms with Crippen LogP contribution in [0, 0.1) is 0 Å².